The first-order chi connectivity index (χ1) is 7.92. The van der Waals surface area contributed by atoms with Gasteiger partial charge in [-0.15, -0.1) is 0 Å². The zero-order chi connectivity index (χ0) is 10.8. The van der Waals surface area contributed by atoms with Crippen LogP contribution in [-0.4, -0.2) is 35.2 Å². The van der Waals surface area contributed by atoms with Crippen LogP contribution in [0.1, 0.15) is 18.4 Å². The Morgan fingerprint density at radius 2 is 2.25 bits per heavy atom. The fraction of sp³-hybridized carbons (Fsp3) is 0.538. The number of aliphatic imine (C=N–C) groups is 1. The normalized spacial score (nSPS) is 30.9. The van der Waals surface area contributed by atoms with Crippen molar-refractivity contribution in [3.63, 3.8) is 0 Å². The molecule has 3 aliphatic heterocycles. The van der Waals surface area contributed by atoms with E-state index in [9.17, 15) is 0 Å². The fourth-order valence-electron chi connectivity index (χ4n) is 2.65. The van der Waals surface area contributed by atoms with Crippen molar-refractivity contribution < 1.29 is 0 Å². The SMILES string of the molecule is c1cncc(CN=C2CN3CCC2CC3)c1. The van der Waals surface area contributed by atoms with Gasteiger partial charge in [0.05, 0.1) is 6.54 Å². The van der Waals surface area contributed by atoms with Crippen LogP contribution in [0.3, 0.4) is 0 Å². The quantitative estimate of drug-likeness (QED) is 0.752. The molecule has 84 valence electrons. The van der Waals surface area contributed by atoms with Crippen molar-refractivity contribution in [3.05, 3.63) is 30.1 Å². The van der Waals surface area contributed by atoms with E-state index in [1.165, 1.54) is 37.2 Å². The molecule has 0 atom stereocenters. The smallest absolute Gasteiger partial charge is 0.0654 e. The Hall–Kier alpha value is -1.22. The summed E-state index contributed by atoms with van der Waals surface area (Å²) in [6.45, 7) is 4.45. The van der Waals surface area contributed by atoms with E-state index >= 15 is 0 Å². The molecular formula is C13H17N3. The molecule has 4 heterocycles. The van der Waals surface area contributed by atoms with Crippen LogP contribution in [0.2, 0.25) is 0 Å². The van der Waals surface area contributed by atoms with Crippen LogP contribution < -0.4 is 0 Å². The Balaban J connectivity index is 1.69. The number of fused-ring (bicyclic) bond motifs is 3. The highest BCUT2D eigenvalue weighted by molar-refractivity contribution is 5.90. The van der Waals surface area contributed by atoms with Gasteiger partial charge in [-0.1, -0.05) is 6.07 Å². The van der Waals surface area contributed by atoms with Gasteiger partial charge in [0.25, 0.3) is 0 Å². The van der Waals surface area contributed by atoms with E-state index in [1.807, 2.05) is 18.5 Å². The molecule has 0 amide bonds. The van der Waals surface area contributed by atoms with Gasteiger partial charge in [0.15, 0.2) is 0 Å². The Morgan fingerprint density at radius 3 is 2.88 bits per heavy atom. The molecule has 3 heteroatoms. The lowest BCUT2D eigenvalue weighted by molar-refractivity contribution is 0.200. The first-order valence-electron chi connectivity index (χ1n) is 6.06. The molecule has 3 aliphatic rings. The van der Waals surface area contributed by atoms with Gasteiger partial charge in [0.1, 0.15) is 0 Å². The predicted molar refractivity (Wildman–Crippen MR) is 64.5 cm³/mol. The van der Waals surface area contributed by atoms with Crippen LogP contribution in [0.15, 0.2) is 29.5 Å². The van der Waals surface area contributed by atoms with Crippen molar-refractivity contribution in [1.29, 1.82) is 0 Å². The number of aromatic nitrogens is 1. The maximum atomic E-state index is 4.77. The van der Waals surface area contributed by atoms with Gasteiger partial charge in [0.2, 0.25) is 0 Å². The van der Waals surface area contributed by atoms with Gasteiger partial charge in [-0.3, -0.25) is 14.9 Å². The summed E-state index contributed by atoms with van der Waals surface area (Å²) < 4.78 is 0. The summed E-state index contributed by atoms with van der Waals surface area (Å²) in [6.07, 6.45) is 6.34. The molecule has 1 aromatic heterocycles. The third-order valence-electron chi connectivity index (χ3n) is 3.63. The van der Waals surface area contributed by atoms with Crippen LogP contribution >= 0.6 is 0 Å². The van der Waals surface area contributed by atoms with E-state index in [0.717, 1.165) is 19.0 Å². The molecule has 0 radical (unpaired) electrons. The average Bonchev–Trinajstić information content (AvgIpc) is 2.39. The molecule has 0 saturated carbocycles. The van der Waals surface area contributed by atoms with Gasteiger partial charge in [-0.25, -0.2) is 0 Å². The van der Waals surface area contributed by atoms with E-state index < -0.39 is 0 Å². The maximum absolute atomic E-state index is 4.77. The third-order valence-corrected chi connectivity index (χ3v) is 3.63. The van der Waals surface area contributed by atoms with E-state index in [0.29, 0.717) is 0 Å². The molecule has 4 rings (SSSR count). The van der Waals surface area contributed by atoms with Crippen molar-refractivity contribution in [2.45, 2.75) is 19.4 Å². The van der Waals surface area contributed by atoms with Crippen molar-refractivity contribution in [1.82, 2.24) is 9.88 Å². The summed E-state index contributed by atoms with van der Waals surface area (Å²) >= 11 is 0. The summed E-state index contributed by atoms with van der Waals surface area (Å²) in [4.78, 5) is 11.4. The Kier molecular flexibility index (Phi) is 2.70. The molecule has 3 saturated heterocycles. The number of hydrogen-bond acceptors (Lipinski definition) is 3. The largest absolute Gasteiger partial charge is 0.298 e. The molecule has 2 bridgehead atoms. The molecule has 3 nitrogen and oxygen atoms in total. The standard InChI is InChI=1S/C13H17N3/c1-2-11(8-14-5-1)9-15-13-10-16-6-3-12(13)4-7-16/h1-2,5,8,12H,3-4,6-7,9-10H2. The van der Waals surface area contributed by atoms with E-state index in [1.54, 1.807) is 0 Å². The molecular weight excluding hydrogens is 198 g/mol. The second-order valence-electron chi connectivity index (χ2n) is 4.72. The van der Waals surface area contributed by atoms with Crippen LogP contribution in [-0.2, 0) is 6.54 Å². The molecule has 0 spiro atoms. The number of hydrogen-bond donors (Lipinski definition) is 0. The summed E-state index contributed by atoms with van der Waals surface area (Å²) in [6, 6.07) is 4.07. The molecule has 0 N–H and O–H groups in total. The lowest BCUT2D eigenvalue weighted by atomic mass is 9.86. The molecule has 1 aromatic rings. The number of piperidine rings is 3. The minimum atomic E-state index is 0.765. The second-order valence-corrected chi connectivity index (χ2v) is 4.72. The maximum Gasteiger partial charge on any atom is 0.0654 e. The Bertz CT molecular complexity index is 377. The average molecular weight is 215 g/mol. The highest BCUT2D eigenvalue weighted by Gasteiger charge is 2.30. The fourth-order valence-corrected chi connectivity index (χ4v) is 2.65. The van der Waals surface area contributed by atoms with Crippen LogP contribution in [0.25, 0.3) is 0 Å². The van der Waals surface area contributed by atoms with Gasteiger partial charge in [0, 0.05) is 30.6 Å². The zero-order valence-corrected chi connectivity index (χ0v) is 9.47. The van der Waals surface area contributed by atoms with Gasteiger partial charge in [-0.2, -0.15) is 0 Å². The third kappa shape index (κ3) is 2.00. The van der Waals surface area contributed by atoms with Gasteiger partial charge in [-0.05, 0) is 37.6 Å². The number of rotatable bonds is 2. The van der Waals surface area contributed by atoms with Gasteiger partial charge >= 0.3 is 0 Å². The van der Waals surface area contributed by atoms with Crippen LogP contribution in [0.4, 0.5) is 0 Å². The number of pyridine rings is 1. The summed E-state index contributed by atoms with van der Waals surface area (Å²) in [5.41, 5.74) is 2.63. The van der Waals surface area contributed by atoms with Gasteiger partial charge < -0.3 is 0 Å². The molecule has 3 fully saturated rings. The molecule has 0 unspecified atom stereocenters. The second kappa shape index (κ2) is 4.34. The van der Waals surface area contributed by atoms with E-state index in [-0.39, 0.29) is 0 Å². The number of nitrogens with zero attached hydrogens (tertiary/aromatic N) is 3. The Labute approximate surface area is 96.2 Å². The molecule has 0 aromatic carbocycles. The first-order valence-corrected chi connectivity index (χ1v) is 6.06. The van der Waals surface area contributed by atoms with Crippen molar-refractivity contribution in [2.24, 2.45) is 10.9 Å². The van der Waals surface area contributed by atoms with Crippen molar-refractivity contribution in [2.75, 3.05) is 19.6 Å². The lowest BCUT2D eigenvalue weighted by Gasteiger charge is -2.40. The topological polar surface area (TPSA) is 28.5 Å². The van der Waals surface area contributed by atoms with Crippen molar-refractivity contribution in [3.8, 4) is 0 Å². The first kappa shape index (κ1) is 9.97. The van der Waals surface area contributed by atoms with Crippen LogP contribution in [0, 0.1) is 5.92 Å². The summed E-state index contributed by atoms with van der Waals surface area (Å²) in [7, 11) is 0. The highest BCUT2D eigenvalue weighted by atomic mass is 15.2. The monoisotopic (exact) mass is 215 g/mol. The highest BCUT2D eigenvalue weighted by Crippen LogP contribution is 2.25. The Morgan fingerprint density at radius 1 is 1.38 bits per heavy atom. The predicted octanol–water partition coefficient (Wildman–Crippen LogP) is 1.75. The van der Waals surface area contributed by atoms with E-state index in [2.05, 4.69) is 16.0 Å². The van der Waals surface area contributed by atoms with Crippen LogP contribution in [0.5, 0.6) is 0 Å². The lowest BCUT2D eigenvalue weighted by Crippen LogP contribution is -2.47. The summed E-state index contributed by atoms with van der Waals surface area (Å²) in [5.74, 6) is 0.765. The molecule has 16 heavy (non-hydrogen) atoms. The minimum Gasteiger partial charge on any atom is -0.298 e. The van der Waals surface area contributed by atoms with E-state index in [4.69, 9.17) is 4.99 Å². The van der Waals surface area contributed by atoms with Crippen molar-refractivity contribution >= 4 is 5.71 Å². The minimum absolute atomic E-state index is 0.765. The molecule has 0 aliphatic carbocycles. The summed E-state index contributed by atoms with van der Waals surface area (Å²) in [5, 5.41) is 0. The zero-order valence-electron chi connectivity index (χ0n) is 9.47.